The van der Waals surface area contributed by atoms with Gasteiger partial charge in [0.2, 0.25) is 0 Å². The molecular formula is C18H28BrNO2Si. The van der Waals surface area contributed by atoms with Crippen molar-refractivity contribution >= 4 is 24.2 Å². The minimum Gasteiger partial charge on any atom is -0.417 e. The summed E-state index contributed by atoms with van der Waals surface area (Å²) in [6.45, 7) is 13.4. The van der Waals surface area contributed by atoms with Crippen LogP contribution in [0.25, 0.3) is 0 Å². The molecule has 0 aliphatic rings. The number of halogens is 1. The van der Waals surface area contributed by atoms with Crippen molar-refractivity contribution in [3.63, 3.8) is 0 Å². The van der Waals surface area contributed by atoms with Crippen LogP contribution in [0.3, 0.4) is 0 Å². The first kappa shape index (κ1) is 20.4. The molecule has 0 aromatic carbocycles. The summed E-state index contributed by atoms with van der Waals surface area (Å²) in [6.07, 6.45) is 3.77. The number of hydrogen-bond acceptors (Lipinski definition) is 3. The van der Waals surface area contributed by atoms with E-state index < -0.39 is 8.32 Å². The number of pyridine rings is 1. The number of unbranched alkanes of at least 4 members (excludes halogenated alkanes) is 1. The molecule has 0 radical (unpaired) electrons. The van der Waals surface area contributed by atoms with Gasteiger partial charge in [-0.25, -0.2) is 4.98 Å². The molecule has 0 saturated heterocycles. The van der Waals surface area contributed by atoms with Crippen molar-refractivity contribution in [3.05, 3.63) is 28.5 Å². The molecular weight excluding hydrogens is 370 g/mol. The van der Waals surface area contributed by atoms with E-state index in [1.807, 2.05) is 12.1 Å². The van der Waals surface area contributed by atoms with Gasteiger partial charge >= 0.3 is 0 Å². The van der Waals surface area contributed by atoms with Crippen molar-refractivity contribution in [2.75, 3.05) is 19.8 Å². The van der Waals surface area contributed by atoms with Crippen LogP contribution in [0.1, 0.15) is 39.3 Å². The van der Waals surface area contributed by atoms with Crippen molar-refractivity contribution in [1.29, 1.82) is 0 Å². The van der Waals surface area contributed by atoms with Crippen molar-refractivity contribution < 1.29 is 9.16 Å². The van der Waals surface area contributed by atoms with Crippen molar-refractivity contribution in [1.82, 2.24) is 4.98 Å². The summed E-state index contributed by atoms with van der Waals surface area (Å²) in [4.78, 5) is 4.17. The van der Waals surface area contributed by atoms with Crippen molar-refractivity contribution in [2.24, 2.45) is 0 Å². The number of rotatable bonds is 7. The molecule has 0 spiro atoms. The molecule has 0 N–H and O–H groups in total. The fourth-order valence-corrected chi connectivity index (χ4v) is 3.00. The molecule has 5 heteroatoms. The van der Waals surface area contributed by atoms with Gasteiger partial charge in [-0.2, -0.15) is 0 Å². The molecule has 0 aliphatic heterocycles. The van der Waals surface area contributed by atoms with Gasteiger partial charge in [0.1, 0.15) is 12.3 Å². The minimum absolute atomic E-state index is 0.277. The Bertz CT molecular complexity index is 544. The predicted molar refractivity (Wildman–Crippen MR) is 102 cm³/mol. The van der Waals surface area contributed by atoms with E-state index in [1.165, 1.54) is 0 Å². The average molecular weight is 398 g/mol. The smallest absolute Gasteiger partial charge is 0.191 e. The van der Waals surface area contributed by atoms with Gasteiger partial charge in [0.25, 0.3) is 0 Å². The Labute approximate surface area is 150 Å². The molecule has 0 aliphatic carbocycles. The van der Waals surface area contributed by atoms with Gasteiger partial charge in [-0.05, 0) is 49.0 Å². The highest BCUT2D eigenvalue weighted by atomic mass is 79.9. The normalized spacial score (nSPS) is 11.9. The van der Waals surface area contributed by atoms with Crippen LogP contribution in [0.15, 0.2) is 22.8 Å². The Morgan fingerprint density at radius 3 is 2.57 bits per heavy atom. The summed E-state index contributed by atoms with van der Waals surface area (Å²) >= 11 is 3.40. The third-order valence-corrected chi connectivity index (χ3v) is 9.10. The Balaban J connectivity index is 2.11. The van der Waals surface area contributed by atoms with Crippen LogP contribution in [0, 0.1) is 11.8 Å². The first-order chi connectivity index (χ1) is 10.7. The highest BCUT2D eigenvalue weighted by molar-refractivity contribution is 9.10. The maximum atomic E-state index is 6.13. The van der Waals surface area contributed by atoms with Gasteiger partial charge < -0.3 is 9.16 Å². The minimum atomic E-state index is -1.60. The molecule has 0 bridgehead atoms. The quantitative estimate of drug-likeness (QED) is 0.367. The van der Waals surface area contributed by atoms with E-state index in [0.717, 1.165) is 36.2 Å². The van der Waals surface area contributed by atoms with E-state index in [4.69, 9.17) is 9.16 Å². The summed E-state index contributed by atoms with van der Waals surface area (Å²) in [7, 11) is -1.60. The highest BCUT2D eigenvalue weighted by Crippen LogP contribution is 2.36. The molecule has 128 valence electrons. The fourth-order valence-electron chi connectivity index (χ4n) is 1.57. The SMILES string of the molecule is CC(C)(C)[Si](C)(C)OCCCCOCC#Cc1cc(Br)ccn1. The Hall–Kier alpha value is -0.673. The van der Waals surface area contributed by atoms with Gasteiger partial charge in [0.15, 0.2) is 8.32 Å². The lowest BCUT2D eigenvalue weighted by Crippen LogP contribution is -2.40. The van der Waals surface area contributed by atoms with E-state index >= 15 is 0 Å². The number of aromatic nitrogens is 1. The van der Waals surface area contributed by atoms with Crippen LogP contribution in [0.2, 0.25) is 18.1 Å². The molecule has 0 saturated carbocycles. The van der Waals surface area contributed by atoms with Crippen LogP contribution in [-0.2, 0) is 9.16 Å². The van der Waals surface area contributed by atoms with Crippen molar-refractivity contribution in [3.8, 4) is 11.8 Å². The molecule has 1 aromatic heterocycles. The Kier molecular flexibility index (Phi) is 8.49. The second-order valence-corrected chi connectivity index (χ2v) is 12.8. The fraction of sp³-hybridized carbons (Fsp3) is 0.611. The molecule has 23 heavy (non-hydrogen) atoms. The van der Waals surface area contributed by atoms with Crippen LogP contribution in [0.4, 0.5) is 0 Å². The summed E-state index contributed by atoms with van der Waals surface area (Å²) < 4.78 is 12.6. The zero-order valence-electron chi connectivity index (χ0n) is 14.9. The van der Waals surface area contributed by atoms with E-state index in [1.54, 1.807) is 6.20 Å². The maximum Gasteiger partial charge on any atom is 0.191 e. The number of ether oxygens (including phenoxy) is 1. The van der Waals surface area contributed by atoms with Crippen LogP contribution in [-0.4, -0.2) is 33.1 Å². The molecule has 0 atom stereocenters. The number of nitrogens with zero attached hydrogens (tertiary/aromatic N) is 1. The topological polar surface area (TPSA) is 31.4 Å². The predicted octanol–water partition coefficient (Wildman–Crippen LogP) is 5.01. The second kappa shape index (κ2) is 9.58. The highest BCUT2D eigenvalue weighted by Gasteiger charge is 2.36. The van der Waals surface area contributed by atoms with Crippen LogP contribution in [0.5, 0.6) is 0 Å². The standard InChI is InChI=1S/C18H28BrNO2Si/c1-18(2,3)23(4,5)22-14-7-6-12-21-13-8-9-17-15-16(19)10-11-20-17/h10-11,15H,6-7,12-14H2,1-5H3. The molecule has 0 fully saturated rings. The van der Waals surface area contributed by atoms with Crippen LogP contribution < -0.4 is 0 Å². The second-order valence-electron chi connectivity index (χ2n) is 7.03. The summed E-state index contributed by atoms with van der Waals surface area (Å²) in [6, 6.07) is 3.78. The summed E-state index contributed by atoms with van der Waals surface area (Å²) in [5, 5.41) is 0.277. The molecule has 3 nitrogen and oxygen atoms in total. The molecule has 1 heterocycles. The third-order valence-electron chi connectivity index (χ3n) is 4.06. The summed E-state index contributed by atoms with van der Waals surface area (Å²) in [5.41, 5.74) is 0.755. The zero-order chi connectivity index (χ0) is 17.3. The summed E-state index contributed by atoms with van der Waals surface area (Å²) in [5.74, 6) is 5.97. The monoisotopic (exact) mass is 397 g/mol. The van der Waals surface area contributed by atoms with Gasteiger partial charge in [-0.3, -0.25) is 0 Å². The largest absolute Gasteiger partial charge is 0.417 e. The first-order valence-electron chi connectivity index (χ1n) is 8.04. The van der Waals surface area contributed by atoms with E-state index in [0.29, 0.717) is 6.61 Å². The average Bonchev–Trinajstić information content (AvgIpc) is 2.44. The maximum absolute atomic E-state index is 6.13. The Morgan fingerprint density at radius 1 is 1.22 bits per heavy atom. The lowest BCUT2D eigenvalue weighted by atomic mass is 10.2. The van der Waals surface area contributed by atoms with E-state index in [2.05, 4.69) is 66.6 Å². The molecule has 1 rings (SSSR count). The van der Waals surface area contributed by atoms with Gasteiger partial charge in [-0.1, -0.05) is 42.6 Å². The number of hydrogen-bond donors (Lipinski definition) is 0. The lowest BCUT2D eigenvalue weighted by molar-refractivity contribution is 0.155. The lowest BCUT2D eigenvalue weighted by Gasteiger charge is -2.36. The van der Waals surface area contributed by atoms with Gasteiger partial charge in [-0.15, -0.1) is 0 Å². The van der Waals surface area contributed by atoms with Gasteiger partial charge in [0, 0.05) is 23.9 Å². The van der Waals surface area contributed by atoms with E-state index in [9.17, 15) is 0 Å². The van der Waals surface area contributed by atoms with E-state index in [-0.39, 0.29) is 5.04 Å². The Morgan fingerprint density at radius 2 is 1.91 bits per heavy atom. The molecule has 0 unspecified atom stereocenters. The first-order valence-corrected chi connectivity index (χ1v) is 11.7. The van der Waals surface area contributed by atoms with Gasteiger partial charge in [0.05, 0.1) is 0 Å². The third kappa shape index (κ3) is 8.12. The van der Waals surface area contributed by atoms with Crippen LogP contribution >= 0.6 is 15.9 Å². The zero-order valence-corrected chi connectivity index (χ0v) is 17.5. The van der Waals surface area contributed by atoms with Crippen molar-refractivity contribution in [2.45, 2.75) is 51.7 Å². The molecule has 0 amide bonds. The molecule has 1 aromatic rings.